The summed E-state index contributed by atoms with van der Waals surface area (Å²) in [6.45, 7) is 2.10. The third kappa shape index (κ3) is 4.58. The van der Waals surface area contributed by atoms with Crippen LogP contribution in [0.4, 0.5) is 11.4 Å². The van der Waals surface area contributed by atoms with Crippen molar-refractivity contribution in [2.24, 2.45) is 0 Å². The zero-order valence-electron chi connectivity index (χ0n) is 11.9. The Morgan fingerprint density at radius 1 is 1.14 bits per heavy atom. The van der Waals surface area contributed by atoms with Crippen molar-refractivity contribution in [3.63, 3.8) is 0 Å². The standard InChI is InChI=1S/C14H16N2O6/c1-2-3-7-16(12(18)14(21)22)10-6-4-5-9(8-10)15-11(17)13(19)20/h4-6,8H,2-3,7H2,1H3,(H,15,17)(H,19,20)(H,21,22). The maximum atomic E-state index is 11.7. The number of unbranched alkanes of at least 4 members (excludes halogenated alkanes) is 1. The van der Waals surface area contributed by atoms with Crippen LogP contribution in [0.1, 0.15) is 19.8 Å². The molecule has 0 aromatic heterocycles. The van der Waals surface area contributed by atoms with Crippen LogP contribution in [-0.4, -0.2) is 40.5 Å². The molecule has 2 amide bonds. The van der Waals surface area contributed by atoms with Crippen molar-refractivity contribution in [1.29, 1.82) is 0 Å². The Morgan fingerprint density at radius 3 is 2.36 bits per heavy atom. The first-order valence-electron chi connectivity index (χ1n) is 6.56. The van der Waals surface area contributed by atoms with Crippen molar-refractivity contribution in [2.75, 3.05) is 16.8 Å². The van der Waals surface area contributed by atoms with Crippen molar-refractivity contribution in [3.8, 4) is 0 Å². The molecule has 0 aliphatic heterocycles. The van der Waals surface area contributed by atoms with E-state index in [0.29, 0.717) is 6.42 Å². The summed E-state index contributed by atoms with van der Waals surface area (Å²) in [4.78, 5) is 45.3. The summed E-state index contributed by atoms with van der Waals surface area (Å²) in [6.07, 6.45) is 1.36. The van der Waals surface area contributed by atoms with Gasteiger partial charge in [-0.05, 0) is 24.6 Å². The molecule has 0 bridgehead atoms. The summed E-state index contributed by atoms with van der Waals surface area (Å²) < 4.78 is 0. The van der Waals surface area contributed by atoms with Crippen LogP contribution in [0.25, 0.3) is 0 Å². The molecule has 1 aromatic rings. The normalized spacial score (nSPS) is 9.86. The Bertz CT molecular complexity index is 599. The van der Waals surface area contributed by atoms with Crippen molar-refractivity contribution in [2.45, 2.75) is 19.8 Å². The van der Waals surface area contributed by atoms with E-state index in [1.807, 2.05) is 6.92 Å². The number of nitrogens with zero attached hydrogens (tertiary/aromatic N) is 1. The molecule has 0 saturated carbocycles. The molecule has 1 aromatic carbocycles. The van der Waals surface area contributed by atoms with Crippen LogP contribution in [0.15, 0.2) is 24.3 Å². The van der Waals surface area contributed by atoms with E-state index in [2.05, 4.69) is 5.32 Å². The second-order valence-corrected chi connectivity index (χ2v) is 4.43. The number of carboxylic acid groups (broad SMARTS) is 2. The predicted octanol–water partition coefficient (Wildman–Crippen LogP) is 0.927. The number of aliphatic carboxylic acids is 2. The minimum atomic E-state index is -1.64. The molecule has 22 heavy (non-hydrogen) atoms. The molecule has 0 unspecified atom stereocenters. The number of hydrogen-bond donors (Lipinski definition) is 3. The van der Waals surface area contributed by atoms with Gasteiger partial charge in [0.15, 0.2) is 0 Å². The topological polar surface area (TPSA) is 124 Å². The monoisotopic (exact) mass is 308 g/mol. The van der Waals surface area contributed by atoms with Crippen LogP contribution in [0, 0.1) is 0 Å². The fourth-order valence-corrected chi connectivity index (χ4v) is 1.72. The van der Waals surface area contributed by atoms with Gasteiger partial charge in [0.2, 0.25) is 0 Å². The van der Waals surface area contributed by atoms with E-state index in [0.717, 1.165) is 11.3 Å². The molecular formula is C14H16N2O6. The molecule has 0 aliphatic carbocycles. The molecule has 0 fully saturated rings. The quantitative estimate of drug-likeness (QED) is 0.695. The van der Waals surface area contributed by atoms with Gasteiger partial charge in [-0.3, -0.25) is 9.59 Å². The summed E-state index contributed by atoms with van der Waals surface area (Å²) in [6, 6.07) is 5.78. The first-order valence-corrected chi connectivity index (χ1v) is 6.56. The second kappa shape index (κ2) is 7.77. The number of carboxylic acids is 2. The van der Waals surface area contributed by atoms with Gasteiger partial charge in [-0.2, -0.15) is 0 Å². The highest BCUT2D eigenvalue weighted by molar-refractivity contribution is 6.37. The number of carbonyl (C=O) groups is 4. The molecular weight excluding hydrogens is 292 g/mol. The second-order valence-electron chi connectivity index (χ2n) is 4.43. The van der Waals surface area contributed by atoms with Crippen LogP contribution >= 0.6 is 0 Å². The van der Waals surface area contributed by atoms with E-state index < -0.39 is 23.8 Å². The Hall–Kier alpha value is -2.90. The predicted molar refractivity (Wildman–Crippen MR) is 77.6 cm³/mol. The van der Waals surface area contributed by atoms with Gasteiger partial charge in [-0.1, -0.05) is 19.4 Å². The summed E-state index contributed by atoms with van der Waals surface area (Å²) in [7, 11) is 0. The Balaban J connectivity index is 3.04. The van der Waals surface area contributed by atoms with Gasteiger partial charge < -0.3 is 20.4 Å². The third-order valence-electron chi connectivity index (χ3n) is 2.77. The average Bonchev–Trinajstić information content (AvgIpc) is 2.47. The molecule has 0 atom stereocenters. The summed E-state index contributed by atoms with van der Waals surface area (Å²) in [5.74, 6) is -5.54. The molecule has 0 radical (unpaired) electrons. The molecule has 0 aliphatic rings. The molecule has 118 valence electrons. The summed E-state index contributed by atoms with van der Waals surface area (Å²) in [5.41, 5.74) is 0.425. The van der Waals surface area contributed by atoms with Crippen molar-refractivity contribution in [3.05, 3.63) is 24.3 Å². The van der Waals surface area contributed by atoms with Crippen LogP contribution in [-0.2, 0) is 19.2 Å². The van der Waals surface area contributed by atoms with E-state index in [1.165, 1.54) is 24.3 Å². The van der Waals surface area contributed by atoms with Gasteiger partial charge in [-0.25, -0.2) is 9.59 Å². The van der Waals surface area contributed by atoms with Gasteiger partial charge >= 0.3 is 23.8 Å². The van der Waals surface area contributed by atoms with Crippen molar-refractivity contribution >= 4 is 35.1 Å². The lowest BCUT2D eigenvalue weighted by atomic mass is 10.2. The van der Waals surface area contributed by atoms with Crippen molar-refractivity contribution < 1.29 is 29.4 Å². The first-order chi connectivity index (χ1) is 10.4. The number of carbonyl (C=O) groups excluding carboxylic acids is 2. The zero-order chi connectivity index (χ0) is 16.7. The first kappa shape index (κ1) is 17.2. The lowest BCUT2D eigenvalue weighted by Gasteiger charge is -2.21. The fourth-order valence-electron chi connectivity index (χ4n) is 1.72. The lowest BCUT2D eigenvalue weighted by Crippen LogP contribution is -2.37. The largest absolute Gasteiger partial charge is 0.474 e. The number of amides is 2. The minimum Gasteiger partial charge on any atom is -0.474 e. The van der Waals surface area contributed by atoms with Gasteiger partial charge in [0.05, 0.1) is 0 Å². The maximum absolute atomic E-state index is 11.7. The minimum absolute atomic E-state index is 0.157. The molecule has 8 heteroatoms. The van der Waals surface area contributed by atoms with E-state index in [4.69, 9.17) is 10.2 Å². The average molecular weight is 308 g/mol. The van der Waals surface area contributed by atoms with Crippen LogP contribution in [0.2, 0.25) is 0 Å². The highest BCUT2D eigenvalue weighted by Crippen LogP contribution is 2.20. The number of benzene rings is 1. The Labute approximate surface area is 126 Å². The summed E-state index contributed by atoms with van der Waals surface area (Å²) in [5, 5.41) is 19.5. The van der Waals surface area contributed by atoms with Gasteiger partial charge in [0, 0.05) is 17.9 Å². The zero-order valence-corrected chi connectivity index (χ0v) is 11.9. The number of anilines is 2. The molecule has 3 N–H and O–H groups in total. The number of rotatable bonds is 5. The SMILES string of the molecule is CCCCN(C(=O)C(=O)O)c1cccc(NC(=O)C(=O)O)c1. The number of hydrogen-bond acceptors (Lipinski definition) is 4. The van der Waals surface area contributed by atoms with E-state index in [-0.39, 0.29) is 17.9 Å². The smallest absolute Gasteiger partial charge is 0.394 e. The van der Waals surface area contributed by atoms with Gasteiger partial charge in [0.1, 0.15) is 0 Å². The fraction of sp³-hybridized carbons (Fsp3) is 0.286. The van der Waals surface area contributed by atoms with Crippen LogP contribution in [0.3, 0.4) is 0 Å². The van der Waals surface area contributed by atoms with Crippen LogP contribution < -0.4 is 10.2 Å². The third-order valence-corrected chi connectivity index (χ3v) is 2.77. The van der Waals surface area contributed by atoms with Crippen molar-refractivity contribution in [1.82, 2.24) is 0 Å². The van der Waals surface area contributed by atoms with Gasteiger partial charge in [-0.15, -0.1) is 0 Å². The maximum Gasteiger partial charge on any atom is 0.394 e. The highest BCUT2D eigenvalue weighted by atomic mass is 16.4. The van der Waals surface area contributed by atoms with E-state index in [9.17, 15) is 19.2 Å². The summed E-state index contributed by atoms with van der Waals surface area (Å²) >= 11 is 0. The molecule has 1 rings (SSSR count). The Kier molecular flexibility index (Phi) is 6.06. The van der Waals surface area contributed by atoms with Crippen LogP contribution in [0.5, 0.6) is 0 Å². The van der Waals surface area contributed by atoms with Gasteiger partial charge in [0.25, 0.3) is 0 Å². The number of nitrogens with one attached hydrogen (secondary N) is 1. The van der Waals surface area contributed by atoms with E-state index in [1.54, 1.807) is 0 Å². The molecule has 0 spiro atoms. The van der Waals surface area contributed by atoms with E-state index >= 15 is 0 Å². The molecule has 0 heterocycles. The highest BCUT2D eigenvalue weighted by Gasteiger charge is 2.22. The molecule has 8 nitrogen and oxygen atoms in total. The lowest BCUT2D eigenvalue weighted by molar-refractivity contribution is -0.148. The Morgan fingerprint density at radius 2 is 1.82 bits per heavy atom. The molecule has 0 saturated heterocycles.